The predicted octanol–water partition coefficient (Wildman–Crippen LogP) is 0.857. The van der Waals surface area contributed by atoms with E-state index in [2.05, 4.69) is 22.3 Å². The van der Waals surface area contributed by atoms with E-state index in [4.69, 9.17) is 0 Å². The van der Waals surface area contributed by atoms with Gasteiger partial charge in [0.15, 0.2) is 0 Å². The number of likely N-dealkylation sites (tertiary alicyclic amines) is 1. The Hall–Kier alpha value is -1.88. The van der Waals surface area contributed by atoms with Gasteiger partial charge >= 0.3 is 0 Å². The number of piperidine rings is 1. The highest BCUT2D eigenvalue weighted by Gasteiger charge is 2.31. The summed E-state index contributed by atoms with van der Waals surface area (Å²) >= 11 is 0. The number of piperazine rings is 1. The summed E-state index contributed by atoms with van der Waals surface area (Å²) in [6, 6.07) is 10.4. The summed E-state index contributed by atoms with van der Waals surface area (Å²) in [5.74, 6) is 0.132. The highest BCUT2D eigenvalue weighted by Crippen LogP contribution is 2.21. The molecule has 5 heteroatoms. The minimum atomic E-state index is -0.0449. The summed E-state index contributed by atoms with van der Waals surface area (Å²) in [4.78, 5) is 28.1. The fourth-order valence-electron chi connectivity index (χ4n) is 3.33. The third-order valence-electron chi connectivity index (χ3n) is 4.45. The van der Waals surface area contributed by atoms with Crippen LogP contribution >= 0.6 is 0 Å². The van der Waals surface area contributed by atoms with Crippen molar-refractivity contribution in [2.75, 3.05) is 32.7 Å². The number of carbonyl (C=O) groups excluding carboxylic acids is 2. The van der Waals surface area contributed by atoms with Gasteiger partial charge in [-0.05, 0) is 24.9 Å². The summed E-state index contributed by atoms with van der Waals surface area (Å²) in [5, 5.41) is 2.77. The Morgan fingerprint density at radius 1 is 1.23 bits per heavy atom. The first-order valence-electron chi connectivity index (χ1n) is 8.04. The second-order valence-electron chi connectivity index (χ2n) is 6.17. The molecule has 1 atom stereocenters. The van der Waals surface area contributed by atoms with Gasteiger partial charge in [-0.1, -0.05) is 30.3 Å². The van der Waals surface area contributed by atoms with Gasteiger partial charge in [0.25, 0.3) is 0 Å². The zero-order valence-corrected chi connectivity index (χ0v) is 12.8. The SMILES string of the molecule is O=C1CN(C(=O)C2CCCN(Cc3ccccc3)C2)CCN1. The van der Waals surface area contributed by atoms with Crippen molar-refractivity contribution in [1.82, 2.24) is 15.1 Å². The van der Waals surface area contributed by atoms with Gasteiger partial charge in [0.2, 0.25) is 11.8 Å². The van der Waals surface area contributed by atoms with E-state index in [0.717, 1.165) is 32.5 Å². The number of nitrogens with zero attached hydrogens (tertiary/aromatic N) is 2. The summed E-state index contributed by atoms with van der Waals surface area (Å²) in [6.45, 7) is 4.16. The van der Waals surface area contributed by atoms with Crippen LogP contribution in [-0.4, -0.2) is 54.3 Å². The Balaban J connectivity index is 1.58. The van der Waals surface area contributed by atoms with E-state index < -0.39 is 0 Å². The summed E-state index contributed by atoms with van der Waals surface area (Å²) in [7, 11) is 0. The second-order valence-corrected chi connectivity index (χ2v) is 6.17. The molecule has 0 bridgehead atoms. The normalized spacial score (nSPS) is 23.2. The van der Waals surface area contributed by atoms with Gasteiger partial charge in [0.1, 0.15) is 0 Å². The van der Waals surface area contributed by atoms with Crippen molar-refractivity contribution in [2.24, 2.45) is 5.92 Å². The predicted molar refractivity (Wildman–Crippen MR) is 84.0 cm³/mol. The average molecular weight is 301 g/mol. The van der Waals surface area contributed by atoms with Crippen molar-refractivity contribution in [2.45, 2.75) is 19.4 Å². The Labute approximate surface area is 131 Å². The standard InChI is InChI=1S/C17H23N3O2/c21-16-13-20(10-8-18-16)17(22)15-7-4-9-19(12-15)11-14-5-2-1-3-6-14/h1-3,5-6,15H,4,7-13H2,(H,18,21). The molecular formula is C17H23N3O2. The lowest BCUT2D eigenvalue weighted by atomic mass is 9.95. The maximum absolute atomic E-state index is 12.6. The molecule has 0 saturated carbocycles. The molecule has 1 unspecified atom stereocenters. The number of rotatable bonds is 3. The van der Waals surface area contributed by atoms with Crippen molar-refractivity contribution < 1.29 is 9.59 Å². The molecule has 2 heterocycles. The first kappa shape index (κ1) is 15.0. The Morgan fingerprint density at radius 2 is 2.05 bits per heavy atom. The zero-order chi connectivity index (χ0) is 15.4. The lowest BCUT2D eigenvalue weighted by Gasteiger charge is -2.36. The molecule has 2 amide bonds. The summed E-state index contributed by atoms with van der Waals surface area (Å²) in [6.07, 6.45) is 1.98. The topological polar surface area (TPSA) is 52.7 Å². The lowest BCUT2D eigenvalue weighted by Crippen LogP contribution is -2.53. The third-order valence-corrected chi connectivity index (χ3v) is 4.45. The van der Waals surface area contributed by atoms with Crippen molar-refractivity contribution in [1.29, 1.82) is 0 Å². The monoisotopic (exact) mass is 301 g/mol. The summed E-state index contributed by atoms with van der Waals surface area (Å²) in [5.41, 5.74) is 1.29. The third kappa shape index (κ3) is 3.65. The van der Waals surface area contributed by atoms with Gasteiger partial charge in [-0.2, -0.15) is 0 Å². The van der Waals surface area contributed by atoms with Gasteiger partial charge in [-0.3, -0.25) is 14.5 Å². The lowest BCUT2D eigenvalue weighted by molar-refractivity contribution is -0.142. The number of hydrogen-bond donors (Lipinski definition) is 1. The smallest absolute Gasteiger partial charge is 0.239 e. The zero-order valence-electron chi connectivity index (χ0n) is 12.8. The van der Waals surface area contributed by atoms with E-state index in [1.165, 1.54) is 5.56 Å². The van der Waals surface area contributed by atoms with Crippen LogP contribution in [-0.2, 0) is 16.1 Å². The number of carbonyl (C=O) groups is 2. The van der Waals surface area contributed by atoms with Crippen molar-refractivity contribution in [3.05, 3.63) is 35.9 Å². The maximum Gasteiger partial charge on any atom is 0.239 e. The molecular weight excluding hydrogens is 278 g/mol. The van der Waals surface area contributed by atoms with Crippen LogP contribution in [0.25, 0.3) is 0 Å². The molecule has 2 aliphatic rings. The number of hydrogen-bond acceptors (Lipinski definition) is 3. The number of benzene rings is 1. The van der Waals surface area contributed by atoms with Crippen LogP contribution in [0.5, 0.6) is 0 Å². The van der Waals surface area contributed by atoms with Gasteiger partial charge in [0.05, 0.1) is 12.5 Å². The first-order valence-corrected chi connectivity index (χ1v) is 8.04. The van der Waals surface area contributed by atoms with Crippen LogP contribution in [0.4, 0.5) is 0 Å². The highest BCUT2D eigenvalue weighted by molar-refractivity contribution is 5.87. The minimum absolute atomic E-state index is 0.0309. The van der Waals surface area contributed by atoms with Crippen LogP contribution in [0.2, 0.25) is 0 Å². The quantitative estimate of drug-likeness (QED) is 0.901. The fraction of sp³-hybridized carbons (Fsp3) is 0.529. The molecule has 2 fully saturated rings. The van der Waals surface area contributed by atoms with E-state index in [9.17, 15) is 9.59 Å². The molecule has 1 N–H and O–H groups in total. The number of nitrogens with one attached hydrogen (secondary N) is 1. The van der Waals surface area contributed by atoms with Gasteiger partial charge in [-0.25, -0.2) is 0 Å². The molecule has 1 aromatic rings. The van der Waals surface area contributed by atoms with Crippen LogP contribution in [0.3, 0.4) is 0 Å². The average Bonchev–Trinajstić information content (AvgIpc) is 2.55. The van der Waals surface area contributed by atoms with Crippen LogP contribution in [0, 0.1) is 5.92 Å². The minimum Gasteiger partial charge on any atom is -0.353 e. The van der Waals surface area contributed by atoms with Crippen LogP contribution in [0.1, 0.15) is 18.4 Å². The largest absolute Gasteiger partial charge is 0.353 e. The maximum atomic E-state index is 12.6. The number of amides is 2. The van der Waals surface area contributed by atoms with E-state index >= 15 is 0 Å². The molecule has 0 aromatic heterocycles. The Kier molecular flexibility index (Phi) is 4.73. The van der Waals surface area contributed by atoms with Crippen molar-refractivity contribution >= 4 is 11.8 Å². The molecule has 0 aliphatic carbocycles. The Morgan fingerprint density at radius 3 is 2.82 bits per heavy atom. The highest BCUT2D eigenvalue weighted by atomic mass is 16.2. The molecule has 3 rings (SSSR count). The van der Waals surface area contributed by atoms with E-state index in [0.29, 0.717) is 13.1 Å². The Bertz CT molecular complexity index is 532. The van der Waals surface area contributed by atoms with Gasteiger partial charge < -0.3 is 10.2 Å². The van der Waals surface area contributed by atoms with E-state index in [1.807, 2.05) is 18.2 Å². The van der Waals surface area contributed by atoms with Gasteiger partial charge in [0, 0.05) is 26.2 Å². The van der Waals surface area contributed by atoms with E-state index in [-0.39, 0.29) is 24.3 Å². The van der Waals surface area contributed by atoms with Gasteiger partial charge in [-0.15, -0.1) is 0 Å². The fourth-order valence-corrected chi connectivity index (χ4v) is 3.33. The summed E-state index contributed by atoms with van der Waals surface area (Å²) < 4.78 is 0. The molecule has 0 spiro atoms. The first-order chi connectivity index (χ1) is 10.7. The molecule has 1 aromatic carbocycles. The molecule has 22 heavy (non-hydrogen) atoms. The molecule has 5 nitrogen and oxygen atoms in total. The second kappa shape index (κ2) is 6.92. The van der Waals surface area contributed by atoms with Crippen LogP contribution in [0.15, 0.2) is 30.3 Å². The molecule has 2 aliphatic heterocycles. The molecule has 2 saturated heterocycles. The van der Waals surface area contributed by atoms with Crippen LogP contribution < -0.4 is 5.32 Å². The van der Waals surface area contributed by atoms with Crippen molar-refractivity contribution in [3.63, 3.8) is 0 Å². The van der Waals surface area contributed by atoms with E-state index in [1.54, 1.807) is 4.90 Å². The molecule has 118 valence electrons. The molecule has 0 radical (unpaired) electrons. The van der Waals surface area contributed by atoms with Crippen molar-refractivity contribution in [3.8, 4) is 0 Å².